The number of amides is 2. The zero-order chi connectivity index (χ0) is 15.1. The monoisotopic (exact) mass is 276 g/mol. The average molecular weight is 276 g/mol. The minimum absolute atomic E-state index is 0.0171. The number of anilines is 1. The minimum Gasteiger partial charge on any atom is -0.336 e. The molecule has 1 aromatic carbocycles. The van der Waals surface area contributed by atoms with E-state index in [0.717, 1.165) is 29.7 Å². The quantitative estimate of drug-likeness (QED) is 0.868. The zero-order valence-corrected chi connectivity index (χ0v) is 12.8. The van der Waals surface area contributed by atoms with E-state index in [-0.39, 0.29) is 18.4 Å². The number of para-hydroxylation sites is 1. The van der Waals surface area contributed by atoms with Crippen molar-refractivity contribution in [3.05, 3.63) is 29.3 Å². The molecule has 0 spiro atoms. The van der Waals surface area contributed by atoms with Crippen molar-refractivity contribution in [2.75, 3.05) is 18.9 Å². The van der Waals surface area contributed by atoms with Crippen LogP contribution in [0.3, 0.4) is 0 Å². The van der Waals surface area contributed by atoms with Gasteiger partial charge < -0.3 is 10.2 Å². The predicted molar refractivity (Wildman–Crippen MR) is 81.7 cm³/mol. The topological polar surface area (TPSA) is 49.4 Å². The first-order valence-corrected chi connectivity index (χ1v) is 7.05. The van der Waals surface area contributed by atoms with Crippen LogP contribution in [0, 0.1) is 13.8 Å². The lowest BCUT2D eigenvalue weighted by Crippen LogP contribution is -2.35. The van der Waals surface area contributed by atoms with Crippen molar-refractivity contribution in [2.45, 2.75) is 40.0 Å². The Balaban J connectivity index is 2.57. The molecule has 2 amide bonds. The molecule has 0 bridgehead atoms. The first kappa shape index (κ1) is 16.2. The SMILES string of the molecule is CCCCC(=O)N(C)CC(=O)Nc1c(C)cccc1C. The van der Waals surface area contributed by atoms with Crippen molar-refractivity contribution in [1.29, 1.82) is 0 Å². The molecule has 4 heteroatoms. The highest BCUT2D eigenvalue weighted by atomic mass is 16.2. The van der Waals surface area contributed by atoms with Crippen LogP contribution >= 0.6 is 0 Å². The maximum atomic E-state index is 12.0. The van der Waals surface area contributed by atoms with Crippen LogP contribution < -0.4 is 5.32 Å². The Labute approximate surface area is 121 Å². The van der Waals surface area contributed by atoms with Crippen LogP contribution in [0.5, 0.6) is 0 Å². The Bertz CT molecular complexity index is 463. The molecule has 0 radical (unpaired) electrons. The summed E-state index contributed by atoms with van der Waals surface area (Å²) in [6, 6.07) is 5.87. The smallest absolute Gasteiger partial charge is 0.243 e. The van der Waals surface area contributed by atoms with Gasteiger partial charge in [0.2, 0.25) is 11.8 Å². The molecule has 0 aromatic heterocycles. The van der Waals surface area contributed by atoms with Crippen molar-refractivity contribution in [1.82, 2.24) is 4.90 Å². The summed E-state index contributed by atoms with van der Waals surface area (Å²) in [5, 5.41) is 2.89. The van der Waals surface area contributed by atoms with E-state index in [1.165, 1.54) is 4.90 Å². The number of nitrogens with one attached hydrogen (secondary N) is 1. The Morgan fingerprint density at radius 1 is 1.20 bits per heavy atom. The van der Waals surface area contributed by atoms with Crippen LogP contribution in [0.25, 0.3) is 0 Å². The Kier molecular flexibility index (Phi) is 6.22. The van der Waals surface area contributed by atoms with Gasteiger partial charge in [-0.1, -0.05) is 31.5 Å². The van der Waals surface area contributed by atoms with Gasteiger partial charge in [0, 0.05) is 19.2 Å². The molecule has 4 nitrogen and oxygen atoms in total. The van der Waals surface area contributed by atoms with E-state index >= 15 is 0 Å². The van der Waals surface area contributed by atoms with E-state index in [1.54, 1.807) is 7.05 Å². The summed E-state index contributed by atoms with van der Waals surface area (Å²) in [6.45, 7) is 6.05. The second-order valence-corrected chi connectivity index (χ2v) is 5.17. The van der Waals surface area contributed by atoms with Crippen molar-refractivity contribution < 1.29 is 9.59 Å². The molecule has 110 valence electrons. The molecule has 0 atom stereocenters. The molecule has 1 rings (SSSR count). The molecule has 1 aromatic rings. The highest BCUT2D eigenvalue weighted by Gasteiger charge is 2.13. The van der Waals surface area contributed by atoms with Gasteiger partial charge in [0.05, 0.1) is 6.54 Å². The Morgan fingerprint density at radius 3 is 2.35 bits per heavy atom. The summed E-state index contributed by atoms with van der Waals surface area (Å²) in [5.41, 5.74) is 2.89. The van der Waals surface area contributed by atoms with Gasteiger partial charge in [0.25, 0.3) is 0 Å². The van der Waals surface area contributed by atoms with Gasteiger partial charge in [-0.15, -0.1) is 0 Å². The molecule has 0 aliphatic heterocycles. The third-order valence-corrected chi connectivity index (χ3v) is 3.30. The standard InChI is InChI=1S/C16H24N2O2/c1-5-6-10-15(20)18(4)11-14(19)17-16-12(2)8-7-9-13(16)3/h7-9H,5-6,10-11H2,1-4H3,(H,17,19). The summed E-state index contributed by atoms with van der Waals surface area (Å²) >= 11 is 0. The molecule has 0 aliphatic rings. The zero-order valence-electron chi connectivity index (χ0n) is 12.8. The maximum absolute atomic E-state index is 12.0. The summed E-state index contributed by atoms with van der Waals surface area (Å²) in [7, 11) is 1.67. The summed E-state index contributed by atoms with van der Waals surface area (Å²) in [4.78, 5) is 25.3. The maximum Gasteiger partial charge on any atom is 0.243 e. The fourth-order valence-electron chi connectivity index (χ4n) is 2.01. The van der Waals surface area contributed by atoms with Crippen molar-refractivity contribution in [3.63, 3.8) is 0 Å². The average Bonchev–Trinajstić information content (AvgIpc) is 2.40. The summed E-state index contributed by atoms with van der Waals surface area (Å²) in [5.74, 6) is -0.141. The normalized spacial score (nSPS) is 10.2. The van der Waals surface area contributed by atoms with Gasteiger partial charge >= 0.3 is 0 Å². The lowest BCUT2D eigenvalue weighted by Gasteiger charge is -2.18. The van der Waals surface area contributed by atoms with Gasteiger partial charge in [-0.2, -0.15) is 0 Å². The molecule has 20 heavy (non-hydrogen) atoms. The van der Waals surface area contributed by atoms with Crippen molar-refractivity contribution in [3.8, 4) is 0 Å². The number of rotatable bonds is 6. The number of hydrogen-bond donors (Lipinski definition) is 1. The van der Waals surface area contributed by atoms with Crippen LogP contribution in [0.4, 0.5) is 5.69 Å². The second kappa shape index (κ2) is 7.68. The number of benzene rings is 1. The molecule has 0 fully saturated rings. The lowest BCUT2D eigenvalue weighted by molar-refractivity contribution is -0.133. The minimum atomic E-state index is -0.158. The van der Waals surface area contributed by atoms with Crippen LogP contribution in [-0.2, 0) is 9.59 Å². The number of carbonyl (C=O) groups excluding carboxylic acids is 2. The van der Waals surface area contributed by atoms with Gasteiger partial charge in [-0.05, 0) is 31.4 Å². The fourth-order valence-corrected chi connectivity index (χ4v) is 2.01. The van der Waals surface area contributed by atoms with Gasteiger partial charge in [-0.3, -0.25) is 9.59 Å². The van der Waals surface area contributed by atoms with Gasteiger partial charge in [-0.25, -0.2) is 0 Å². The number of aryl methyl sites for hydroxylation is 2. The largest absolute Gasteiger partial charge is 0.336 e. The van der Waals surface area contributed by atoms with Gasteiger partial charge in [0.15, 0.2) is 0 Å². The van der Waals surface area contributed by atoms with E-state index in [2.05, 4.69) is 5.32 Å². The first-order valence-electron chi connectivity index (χ1n) is 7.05. The van der Waals surface area contributed by atoms with Crippen LogP contribution in [0.1, 0.15) is 37.3 Å². The Hall–Kier alpha value is -1.84. The highest BCUT2D eigenvalue weighted by molar-refractivity contribution is 5.95. The van der Waals surface area contributed by atoms with Crippen molar-refractivity contribution >= 4 is 17.5 Å². The third-order valence-electron chi connectivity index (χ3n) is 3.30. The number of unbranched alkanes of at least 4 members (excludes halogenated alkanes) is 1. The van der Waals surface area contributed by atoms with Crippen LogP contribution in [-0.4, -0.2) is 30.3 Å². The molecule has 0 saturated heterocycles. The van der Waals surface area contributed by atoms with Gasteiger partial charge in [0.1, 0.15) is 0 Å². The summed E-state index contributed by atoms with van der Waals surface area (Å²) in [6.07, 6.45) is 2.35. The molecule has 0 aliphatic carbocycles. The van der Waals surface area contributed by atoms with E-state index in [0.29, 0.717) is 6.42 Å². The lowest BCUT2D eigenvalue weighted by atomic mass is 10.1. The molecule has 0 heterocycles. The van der Waals surface area contributed by atoms with Crippen LogP contribution in [0.15, 0.2) is 18.2 Å². The number of hydrogen-bond acceptors (Lipinski definition) is 2. The molecule has 0 saturated carbocycles. The first-order chi connectivity index (χ1) is 9.45. The fraction of sp³-hybridized carbons (Fsp3) is 0.500. The number of nitrogens with zero attached hydrogens (tertiary/aromatic N) is 1. The second-order valence-electron chi connectivity index (χ2n) is 5.17. The highest BCUT2D eigenvalue weighted by Crippen LogP contribution is 2.19. The molecule has 1 N–H and O–H groups in total. The molecule has 0 unspecified atom stereocenters. The third kappa shape index (κ3) is 4.68. The van der Waals surface area contributed by atoms with E-state index < -0.39 is 0 Å². The van der Waals surface area contributed by atoms with Crippen LogP contribution in [0.2, 0.25) is 0 Å². The van der Waals surface area contributed by atoms with E-state index in [1.807, 2.05) is 39.0 Å². The van der Waals surface area contributed by atoms with E-state index in [9.17, 15) is 9.59 Å². The predicted octanol–water partition coefficient (Wildman–Crippen LogP) is 2.89. The molecular formula is C16H24N2O2. The van der Waals surface area contributed by atoms with E-state index in [4.69, 9.17) is 0 Å². The number of likely N-dealkylation sites (N-methyl/N-ethyl adjacent to an activating group) is 1. The summed E-state index contributed by atoms with van der Waals surface area (Å²) < 4.78 is 0. The number of carbonyl (C=O) groups is 2. The Morgan fingerprint density at radius 2 is 1.80 bits per heavy atom. The molecular weight excluding hydrogens is 252 g/mol. The van der Waals surface area contributed by atoms with Crippen molar-refractivity contribution in [2.24, 2.45) is 0 Å².